The van der Waals surface area contributed by atoms with Crippen LogP contribution in [-0.2, 0) is 4.74 Å². The maximum atomic E-state index is 13.7. The quantitative estimate of drug-likeness (QED) is 0.619. The van der Waals surface area contributed by atoms with E-state index in [0.717, 1.165) is 38.7 Å². The Balaban J connectivity index is 1.98. The third kappa shape index (κ3) is 5.18. The van der Waals surface area contributed by atoms with Crippen LogP contribution in [0.1, 0.15) is 25.0 Å². The van der Waals surface area contributed by atoms with E-state index in [1.54, 1.807) is 18.2 Å². The fourth-order valence-corrected chi connectivity index (χ4v) is 2.69. The molecule has 6 heteroatoms. The van der Waals surface area contributed by atoms with Gasteiger partial charge in [0.2, 0.25) is 0 Å². The van der Waals surface area contributed by atoms with E-state index in [4.69, 9.17) is 4.74 Å². The third-order valence-electron chi connectivity index (χ3n) is 3.93. The molecule has 0 radical (unpaired) electrons. The number of aliphatic imine (C=N–C) groups is 1. The van der Waals surface area contributed by atoms with E-state index in [1.165, 1.54) is 6.07 Å². The minimum Gasteiger partial charge on any atom is -0.386 e. The predicted octanol–water partition coefficient (Wildman–Crippen LogP) is 1.79. The molecule has 1 aromatic carbocycles. The van der Waals surface area contributed by atoms with Gasteiger partial charge in [-0.2, -0.15) is 0 Å². The summed E-state index contributed by atoms with van der Waals surface area (Å²) in [6, 6.07) is 6.25. The molecule has 1 saturated heterocycles. The molecule has 2 rings (SSSR count). The lowest BCUT2D eigenvalue weighted by Crippen LogP contribution is -2.41. The van der Waals surface area contributed by atoms with Gasteiger partial charge in [0, 0.05) is 38.2 Å². The van der Waals surface area contributed by atoms with Crippen molar-refractivity contribution in [3.8, 4) is 0 Å². The van der Waals surface area contributed by atoms with E-state index in [2.05, 4.69) is 10.3 Å². The molecule has 0 spiro atoms. The number of guanidine groups is 1. The summed E-state index contributed by atoms with van der Waals surface area (Å²) in [5, 5.41) is 13.4. The van der Waals surface area contributed by atoms with Crippen molar-refractivity contribution >= 4 is 5.96 Å². The summed E-state index contributed by atoms with van der Waals surface area (Å²) in [6.45, 7) is 5.30. The molecule has 2 unspecified atom stereocenters. The van der Waals surface area contributed by atoms with Crippen LogP contribution < -0.4 is 5.32 Å². The van der Waals surface area contributed by atoms with Gasteiger partial charge in [0.05, 0.1) is 13.2 Å². The van der Waals surface area contributed by atoms with Crippen LogP contribution in [0.25, 0.3) is 0 Å². The van der Waals surface area contributed by atoms with Crippen LogP contribution >= 0.6 is 0 Å². The van der Waals surface area contributed by atoms with Gasteiger partial charge in [-0.15, -0.1) is 0 Å². The lowest BCUT2D eigenvalue weighted by atomic mass is 10.1. The minimum atomic E-state index is -0.951. The summed E-state index contributed by atoms with van der Waals surface area (Å²) < 4.78 is 19.1. The smallest absolute Gasteiger partial charge is 0.193 e. The first-order chi connectivity index (χ1) is 11.1. The molecule has 0 saturated carbocycles. The Kier molecular flexibility index (Phi) is 6.80. The zero-order chi connectivity index (χ0) is 16.7. The highest BCUT2D eigenvalue weighted by molar-refractivity contribution is 5.79. The largest absolute Gasteiger partial charge is 0.386 e. The Morgan fingerprint density at radius 3 is 2.96 bits per heavy atom. The van der Waals surface area contributed by atoms with Crippen molar-refractivity contribution in [2.24, 2.45) is 10.9 Å². The molecule has 2 atom stereocenters. The first-order valence-corrected chi connectivity index (χ1v) is 8.11. The van der Waals surface area contributed by atoms with E-state index in [1.807, 2.05) is 18.9 Å². The van der Waals surface area contributed by atoms with Crippen molar-refractivity contribution < 1.29 is 14.2 Å². The number of benzene rings is 1. The van der Waals surface area contributed by atoms with Crippen LogP contribution in [0.3, 0.4) is 0 Å². The minimum absolute atomic E-state index is 0.120. The van der Waals surface area contributed by atoms with Gasteiger partial charge in [-0.3, -0.25) is 4.99 Å². The topological polar surface area (TPSA) is 57.1 Å². The Bertz CT molecular complexity index is 518. The molecule has 1 aliphatic rings. The van der Waals surface area contributed by atoms with Crippen molar-refractivity contribution in [3.63, 3.8) is 0 Å². The number of nitrogens with one attached hydrogen (secondary N) is 1. The van der Waals surface area contributed by atoms with Gasteiger partial charge in [-0.05, 0) is 19.4 Å². The number of nitrogens with zero attached hydrogens (tertiary/aromatic N) is 2. The highest BCUT2D eigenvalue weighted by atomic mass is 19.1. The predicted molar refractivity (Wildman–Crippen MR) is 88.9 cm³/mol. The summed E-state index contributed by atoms with van der Waals surface area (Å²) in [4.78, 5) is 6.49. The summed E-state index contributed by atoms with van der Waals surface area (Å²) in [5.74, 6) is 0.812. The van der Waals surface area contributed by atoms with Crippen molar-refractivity contribution in [2.75, 3.05) is 39.9 Å². The molecular weight excluding hydrogens is 297 g/mol. The first kappa shape index (κ1) is 17.7. The van der Waals surface area contributed by atoms with Gasteiger partial charge in [0.15, 0.2) is 5.96 Å². The van der Waals surface area contributed by atoms with Crippen LogP contribution in [0.15, 0.2) is 29.3 Å². The Morgan fingerprint density at radius 1 is 1.52 bits per heavy atom. The molecule has 1 fully saturated rings. The molecule has 0 bridgehead atoms. The Hall–Kier alpha value is -1.66. The van der Waals surface area contributed by atoms with Gasteiger partial charge in [0.1, 0.15) is 11.9 Å². The van der Waals surface area contributed by atoms with Gasteiger partial charge < -0.3 is 20.1 Å². The summed E-state index contributed by atoms with van der Waals surface area (Å²) in [5.41, 5.74) is 0.277. The van der Waals surface area contributed by atoms with Crippen molar-refractivity contribution in [1.29, 1.82) is 0 Å². The third-order valence-corrected chi connectivity index (χ3v) is 3.93. The molecule has 1 aliphatic heterocycles. The maximum Gasteiger partial charge on any atom is 0.193 e. The average Bonchev–Trinajstić information content (AvgIpc) is 3.04. The number of halogens is 1. The van der Waals surface area contributed by atoms with Gasteiger partial charge >= 0.3 is 0 Å². The molecule has 1 aromatic rings. The van der Waals surface area contributed by atoms with Crippen LogP contribution in [0.5, 0.6) is 0 Å². The van der Waals surface area contributed by atoms with E-state index < -0.39 is 11.9 Å². The SMILES string of the molecule is CCNC(=NCC(O)c1ccccc1F)N(C)CC1CCOC1. The van der Waals surface area contributed by atoms with E-state index >= 15 is 0 Å². The Morgan fingerprint density at radius 2 is 2.30 bits per heavy atom. The zero-order valence-corrected chi connectivity index (χ0v) is 13.8. The summed E-state index contributed by atoms with van der Waals surface area (Å²) in [7, 11) is 1.97. The fourth-order valence-electron chi connectivity index (χ4n) is 2.69. The molecule has 0 aliphatic carbocycles. The monoisotopic (exact) mass is 323 g/mol. The highest BCUT2D eigenvalue weighted by Gasteiger charge is 2.19. The van der Waals surface area contributed by atoms with E-state index in [9.17, 15) is 9.50 Å². The fraction of sp³-hybridized carbons (Fsp3) is 0.588. The van der Waals surface area contributed by atoms with Crippen LogP contribution in [-0.4, -0.2) is 55.9 Å². The number of ether oxygens (including phenoxy) is 1. The molecule has 23 heavy (non-hydrogen) atoms. The van der Waals surface area contributed by atoms with Gasteiger partial charge in [0.25, 0.3) is 0 Å². The average molecular weight is 323 g/mol. The number of hydrogen-bond acceptors (Lipinski definition) is 3. The lowest BCUT2D eigenvalue weighted by molar-refractivity contribution is 0.179. The van der Waals surface area contributed by atoms with Crippen molar-refractivity contribution in [3.05, 3.63) is 35.6 Å². The number of aliphatic hydroxyl groups excluding tert-OH is 1. The zero-order valence-electron chi connectivity index (χ0n) is 13.8. The molecule has 5 nitrogen and oxygen atoms in total. The molecule has 2 N–H and O–H groups in total. The highest BCUT2D eigenvalue weighted by Crippen LogP contribution is 2.17. The second-order valence-corrected chi connectivity index (χ2v) is 5.84. The van der Waals surface area contributed by atoms with Crippen molar-refractivity contribution in [1.82, 2.24) is 10.2 Å². The lowest BCUT2D eigenvalue weighted by Gasteiger charge is -2.25. The first-order valence-electron chi connectivity index (χ1n) is 8.11. The van der Waals surface area contributed by atoms with Gasteiger partial charge in [-0.25, -0.2) is 4.39 Å². The van der Waals surface area contributed by atoms with Crippen LogP contribution in [0.2, 0.25) is 0 Å². The Labute approximate surface area is 137 Å². The second kappa shape index (κ2) is 8.84. The number of aliphatic hydroxyl groups is 1. The van der Waals surface area contributed by atoms with Gasteiger partial charge in [-0.1, -0.05) is 18.2 Å². The number of hydrogen-bond donors (Lipinski definition) is 2. The van der Waals surface area contributed by atoms with Crippen molar-refractivity contribution in [2.45, 2.75) is 19.4 Å². The molecule has 1 heterocycles. The van der Waals surface area contributed by atoms with E-state index in [0.29, 0.717) is 5.92 Å². The molecule has 0 amide bonds. The maximum absolute atomic E-state index is 13.7. The normalized spacial score (nSPS) is 19.7. The van der Waals surface area contributed by atoms with E-state index in [-0.39, 0.29) is 12.1 Å². The molecule has 0 aromatic heterocycles. The van der Waals surface area contributed by atoms with Crippen LogP contribution in [0.4, 0.5) is 4.39 Å². The summed E-state index contributed by atoms with van der Waals surface area (Å²) in [6.07, 6.45) is 0.106. The summed E-state index contributed by atoms with van der Waals surface area (Å²) >= 11 is 0. The number of rotatable bonds is 6. The molecular formula is C17H26FN3O2. The van der Waals surface area contributed by atoms with Crippen LogP contribution in [0, 0.1) is 11.7 Å². The standard InChI is InChI=1S/C17H26FN3O2/c1-3-19-17(21(2)11-13-8-9-23-12-13)20-10-16(22)14-6-4-5-7-15(14)18/h4-7,13,16,22H,3,8-12H2,1-2H3,(H,19,20). The second-order valence-electron chi connectivity index (χ2n) is 5.84. The molecule has 128 valence electrons.